The molecule has 140 valence electrons. The van der Waals surface area contributed by atoms with Gasteiger partial charge < -0.3 is 0 Å². The zero-order valence-electron chi connectivity index (χ0n) is 15.4. The van der Waals surface area contributed by atoms with Crippen LogP contribution in [0.15, 0.2) is 78.2 Å². The third-order valence-corrected chi connectivity index (χ3v) is 5.84. The molecular weight excluding hydrogens is 388 g/mol. The van der Waals surface area contributed by atoms with Gasteiger partial charge in [-0.3, -0.25) is 9.55 Å². The molecule has 0 aliphatic carbocycles. The highest BCUT2D eigenvalue weighted by molar-refractivity contribution is 7.98. The van der Waals surface area contributed by atoms with E-state index in [2.05, 4.69) is 50.9 Å². The average Bonchev–Trinajstić information content (AvgIpc) is 3.18. The van der Waals surface area contributed by atoms with Gasteiger partial charge in [0, 0.05) is 34.4 Å². The summed E-state index contributed by atoms with van der Waals surface area (Å²) in [6, 6.07) is 20.3. The minimum atomic E-state index is 0.723. The maximum atomic E-state index is 6.32. The summed E-state index contributed by atoms with van der Waals surface area (Å²) in [5, 5.41) is 10.5. The highest BCUT2D eigenvalue weighted by Gasteiger charge is 2.16. The molecule has 0 spiro atoms. The van der Waals surface area contributed by atoms with E-state index in [1.165, 1.54) is 5.56 Å². The van der Waals surface area contributed by atoms with Gasteiger partial charge in [-0.25, -0.2) is 0 Å². The Balaban J connectivity index is 1.73. The minimum absolute atomic E-state index is 0.723. The molecule has 2 aromatic carbocycles. The van der Waals surface area contributed by atoms with E-state index in [1.807, 2.05) is 36.4 Å². The van der Waals surface area contributed by atoms with Gasteiger partial charge >= 0.3 is 0 Å². The van der Waals surface area contributed by atoms with Crippen molar-refractivity contribution in [3.05, 3.63) is 89.2 Å². The number of halogens is 1. The quantitative estimate of drug-likeness (QED) is 0.377. The lowest BCUT2D eigenvalue weighted by Gasteiger charge is -2.11. The number of hydrogen-bond donors (Lipinski definition) is 0. The molecule has 0 radical (unpaired) electrons. The van der Waals surface area contributed by atoms with Crippen LogP contribution >= 0.6 is 23.4 Å². The third kappa shape index (κ3) is 3.96. The molecule has 6 heteroatoms. The minimum Gasteiger partial charge on any atom is -0.270 e. The largest absolute Gasteiger partial charge is 0.270 e. The van der Waals surface area contributed by atoms with Crippen molar-refractivity contribution in [3.63, 3.8) is 0 Å². The van der Waals surface area contributed by atoms with Crippen LogP contribution in [-0.4, -0.2) is 19.7 Å². The SMILES string of the molecule is CCc1ccc(-n2c(SCc3ccccc3Cl)nnc2-c2ccncc2)cc1. The van der Waals surface area contributed by atoms with Gasteiger partial charge in [-0.2, -0.15) is 0 Å². The molecular formula is C22H19ClN4S. The van der Waals surface area contributed by atoms with Crippen LogP contribution in [0, 0.1) is 0 Å². The van der Waals surface area contributed by atoms with Crippen molar-refractivity contribution < 1.29 is 0 Å². The lowest BCUT2D eigenvalue weighted by molar-refractivity contribution is 0.885. The predicted molar refractivity (Wildman–Crippen MR) is 115 cm³/mol. The number of thioether (sulfide) groups is 1. The molecule has 28 heavy (non-hydrogen) atoms. The smallest absolute Gasteiger partial charge is 0.196 e. The zero-order valence-corrected chi connectivity index (χ0v) is 17.0. The van der Waals surface area contributed by atoms with Crippen LogP contribution in [0.1, 0.15) is 18.1 Å². The van der Waals surface area contributed by atoms with E-state index in [4.69, 9.17) is 11.6 Å². The highest BCUT2D eigenvalue weighted by Crippen LogP contribution is 2.31. The Morgan fingerprint density at radius 3 is 2.39 bits per heavy atom. The fraction of sp³-hybridized carbons (Fsp3) is 0.136. The van der Waals surface area contributed by atoms with E-state index in [1.54, 1.807) is 24.2 Å². The molecule has 0 aliphatic heterocycles. The summed E-state index contributed by atoms with van der Waals surface area (Å²) >= 11 is 7.94. The summed E-state index contributed by atoms with van der Waals surface area (Å²) in [5.41, 5.74) is 4.39. The highest BCUT2D eigenvalue weighted by atomic mass is 35.5. The summed E-state index contributed by atoms with van der Waals surface area (Å²) in [6.45, 7) is 2.15. The van der Waals surface area contributed by atoms with Crippen molar-refractivity contribution in [1.29, 1.82) is 0 Å². The first kappa shape index (κ1) is 18.7. The second-order valence-corrected chi connectivity index (χ2v) is 7.63. The van der Waals surface area contributed by atoms with Gasteiger partial charge in [0.05, 0.1) is 0 Å². The standard InChI is InChI=1S/C22H19ClN4S/c1-2-16-7-9-19(10-8-16)27-21(17-11-13-24-14-12-17)25-26-22(27)28-15-18-5-3-4-6-20(18)23/h3-14H,2,15H2,1H3. The Labute approximate surface area is 173 Å². The van der Waals surface area contributed by atoms with E-state index in [0.717, 1.165) is 45.0 Å². The average molecular weight is 407 g/mol. The molecule has 0 saturated carbocycles. The molecule has 4 rings (SSSR count). The van der Waals surface area contributed by atoms with Crippen molar-refractivity contribution in [2.75, 3.05) is 0 Å². The van der Waals surface area contributed by atoms with E-state index in [9.17, 15) is 0 Å². The fourth-order valence-corrected chi connectivity index (χ4v) is 4.16. The first-order chi connectivity index (χ1) is 13.8. The van der Waals surface area contributed by atoms with Gasteiger partial charge in [-0.05, 0) is 47.9 Å². The second kappa shape index (κ2) is 8.59. The molecule has 0 unspecified atom stereocenters. The maximum Gasteiger partial charge on any atom is 0.196 e. The van der Waals surface area contributed by atoms with Crippen molar-refractivity contribution in [1.82, 2.24) is 19.7 Å². The number of hydrogen-bond acceptors (Lipinski definition) is 4. The second-order valence-electron chi connectivity index (χ2n) is 6.28. The summed E-state index contributed by atoms with van der Waals surface area (Å²) in [4.78, 5) is 4.11. The van der Waals surface area contributed by atoms with Gasteiger partial charge in [-0.1, -0.05) is 60.6 Å². The van der Waals surface area contributed by atoms with Crippen molar-refractivity contribution >= 4 is 23.4 Å². The van der Waals surface area contributed by atoms with Crippen LogP contribution in [0.3, 0.4) is 0 Å². The summed E-state index contributed by atoms with van der Waals surface area (Å²) in [5.74, 6) is 1.52. The summed E-state index contributed by atoms with van der Waals surface area (Å²) in [7, 11) is 0. The molecule has 0 saturated heterocycles. The number of rotatable bonds is 6. The van der Waals surface area contributed by atoms with Crippen LogP contribution in [0.4, 0.5) is 0 Å². The molecule has 0 fully saturated rings. The maximum absolute atomic E-state index is 6.32. The molecule has 0 atom stereocenters. The summed E-state index contributed by atoms with van der Waals surface area (Å²) in [6.07, 6.45) is 4.55. The molecule has 2 heterocycles. The Hall–Kier alpha value is -2.63. The monoisotopic (exact) mass is 406 g/mol. The van der Waals surface area contributed by atoms with Crippen LogP contribution < -0.4 is 0 Å². The van der Waals surface area contributed by atoms with Crippen LogP contribution in [0.5, 0.6) is 0 Å². The van der Waals surface area contributed by atoms with Gasteiger partial charge in [0.15, 0.2) is 11.0 Å². The molecule has 0 N–H and O–H groups in total. The van der Waals surface area contributed by atoms with E-state index >= 15 is 0 Å². The van der Waals surface area contributed by atoms with E-state index < -0.39 is 0 Å². The Kier molecular flexibility index (Phi) is 5.74. The van der Waals surface area contributed by atoms with Gasteiger partial charge in [0.1, 0.15) is 0 Å². The predicted octanol–water partition coefficient (Wildman–Crippen LogP) is 5.84. The Morgan fingerprint density at radius 1 is 0.929 bits per heavy atom. The topological polar surface area (TPSA) is 43.6 Å². The normalized spacial score (nSPS) is 10.9. The number of aryl methyl sites for hydroxylation is 1. The van der Waals surface area contributed by atoms with Gasteiger partial charge in [-0.15, -0.1) is 10.2 Å². The molecule has 0 amide bonds. The Morgan fingerprint density at radius 2 is 1.68 bits per heavy atom. The lowest BCUT2D eigenvalue weighted by atomic mass is 10.1. The van der Waals surface area contributed by atoms with Gasteiger partial charge in [0.25, 0.3) is 0 Å². The first-order valence-corrected chi connectivity index (χ1v) is 10.4. The molecule has 4 nitrogen and oxygen atoms in total. The fourth-order valence-electron chi connectivity index (χ4n) is 2.92. The molecule has 2 aromatic heterocycles. The van der Waals surface area contributed by atoms with Crippen LogP contribution in [0.25, 0.3) is 17.1 Å². The van der Waals surface area contributed by atoms with Crippen molar-refractivity contribution in [2.45, 2.75) is 24.3 Å². The zero-order chi connectivity index (χ0) is 19.3. The number of nitrogens with zero attached hydrogens (tertiary/aromatic N) is 4. The summed E-state index contributed by atoms with van der Waals surface area (Å²) < 4.78 is 2.09. The lowest BCUT2D eigenvalue weighted by Crippen LogP contribution is -2.00. The first-order valence-electron chi connectivity index (χ1n) is 9.07. The third-order valence-electron chi connectivity index (χ3n) is 4.49. The van der Waals surface area contributed by atoms with Crippen LogP contribution in [0.2, 0.25) is 5.02 Å². The molecule has 4 aromatic rings. The van der Waals surface area contributed by atoms with E-state index in [0.29, 0.717) is 0 Å². The van der Waals surface area contributed by atoms with Crippen molar-refractivity contribution in [2.24, 2.45) is 0 Å². The van der Waals surface area contributed by atoms with Gasteiger partial charge in [0.2, 0.25) is 0 Å². The van der Waals surface area contributed by atoms with Crippen molar-refractivity contribution in [3.8, 4) is 17.1 Å². The molecule has 0 bridgehead atoms. The number of pyridine rings is 1. The number of benzene rings is 2. The van der Waals surface area contributed by atoms with E-state index in [-0.39, 0.29) is 0 Å². The Bertz CT molecular complexity index is 1060. The van der Waals surface area contributed by atoms with Crippen LogP contribution in [-0.2, 0) is 12.2 Å². The number of aromatic nitrogens is 4. The molecule has 0 aliphatic rings.